The Morgan fingerprint density at radius 1 is 1.44 bits per heavy atom. The Bertz CT molecular complexity index is 346. The van der Waals surface area contributed by atoms with E-state index in [4.69, 9.17) is 5.73 Å². The number of nitrogens with two attached hydrogens (primary N) is 1. The van der Waals surface area contributed by atoms with Crippen molar-refractivity contribution in [1.82, 2.24) is 10.3 Å². The fourth-order valence-electron chi connectivity index (χ4n) is 1.19. The molecule has 1 rings (SSSR count). The molecule has 1 unspecified atom stereocenters. The molecule has 0 saturated carbocycles. The van der Waals surface area contributed by atoms with Gasteiger partial charge in [-0.3, -0.25) is 9.78 Å². The van der Waals surface area contributed by atoms with Crippen molar-refractivity contribution in [2.24, 2.45) is 11.7 Å². The number of aromatic nitrogens is 1. The maximum atomic E-state index is 10.8. The number of hydrogen-bond donors (Lipinski definition) is 2. The first-order valence-electron chi connectivity index (χ1n) is 5.49. The zero-order valence-electron chi connectivity index (χ0n) is 10.0. The molecule has 1 atom stereocenters. The van der Waals surface area contributed by atoms with E-state index in [2.05, 4.69) is 31.1 Å². The number of carbonyl (C=O) groups excluding carboxylic acids is 1. The van der Waals surface area contributed by atoms with Gasteiger partial charge >= 0.3 is 0 Å². The Kier molecular flexibility index (Phi) is 4.43. The molecule has 0 aromatic carbocycles. The van der Waals surface area contributed by atoms with Crippen LogP contribution in [-0.2, 0) is 6.54 Å². The van der Waals surface area contributed by atoms with Crippen molar-refractivity contribution in [3.63, 3.8) is 0 Å². The molecule has 0 radical (unpaired) electrons. The molecule has 0 aliphatic carbocycles. The van der Waals surface area contributed by atoms with Crippen LogP contribution in [0.4, 0.5) is 0 Å². The van der Waals surface area contributed by atoms with Crippen molar-refractivity contribution in [3.8, 4) is 0 Å². The number of primary amides is 1. The van der Waals surface area contributed by atoms with Crippen molar-refractivity contribution in [3.05, 3.63) is 29.6 Å². The summed E-state index contributed by atoms with van der Waals surface area (Å²) in [5.74, 6) is 0.105. The Morgan fingerprint density at radius 2 is 2.12 bits per heavy atom. The molecule has 1 heterocycles. The lowest BCUT2D eigenvalue weighted by Crippen LogP contribution is -2.30. The zero-order chi connectivity index (χ0) is 12.1. The first-order chi connectivity index (χ1) is 7.50. The molecule has 0 aliphatic rings. The van der Waals surface area contributed by atoms with Crippen LogP contribution < -0.4 is 11.1 Å². The molecule has 3 N–H and O–H groups in total. The average Bonchev–Trinajstić information content (AvgIpc) is 2.26. The van der Waals surface area contributed by atoms with Gasteiger partial charge in [-0.15, -0.1) is 0 Å². The first-order valence-corrected chi connectivity index (χ1v) is 5.49. The molecule has 1 amide bonds. The van der Waals surface area contributed by atoms with E-state index in [9.17, 15) is 4.79 Å². The van der Waals surface area contributed by atoms with Gasteiger partial charge in [0.15, 0.2) is 0 Å². The monoisotopic (exact) mass is 221 g/mol. The molecule has 0 spiro atoms. The van der Waals surface area contributed by atoms with Crippen LogP contribution in [0.2, 0.25) is 0 Å². The van der Waals surface area contributed by atoms with Crippen LogP contribution in [0, 0.1) is 5.92 Å². The lowest BCUT2D eigenvalue weighted by atomic mass is 10.1. The van der Waals surface area contributed by atoms with Crippen molar-refractivity contribution in [1.29, 1.82) is 0 Å². The van der Waals surface area contributed by atoms with Crippen LogP contribution in [-0.4, -0.2) is 16.9 Å². The molecule has 4 nitrogen and oxygen atoms in total. The van der Waals surface area contributed by atoms with E-state index in [1.165, 1.54) is 0 Å². The van der Waals surface area contributed by atoms with E-state index in [1.807, 2.05) is 6.07 Å². The van der Waals surface area contributed by atoms with Crippen molar-refractivity contribution < 1.29 is 4.79 Å². The maximum absolute atomic E-state index is 10.8. The van der Waals surface area contributed by atoms with Gasteiger partial charge in [-0.05, 0) is 24.5 Å². The van der Waals surface area contributed by atoms with Gasteiger partial charge in [0.2, 0.25) is 0 Å². The van der Waals surface area contributed by atoms with Gasteiger partial charge in [0.25, 0.3) is 5.91 Å². The van der Waals surface area contributed by atoms with Gasteiger partial charge in [-0.2, -0.15) is 0 Å². The standard InChI is InChI=1S/C12H19N3O/c1-8(2)9(3)14-6-10-4-5-11(12(13)16)15-7-10/h4-5,7-9,14H,6H2,1-3H3,(H2,13,16). The van der Waals surface area contributed by atoms with Crippen molar-refractivity contribution >= 4 is 5.91 Å². The summed E-state index contributed by atoms with van der Waals surface area (Å²) in [5, 5.41) is 3.39. The largest absolute Gasteiger partial charge is 0.364 e. The highest BCUT2D eigenvalue weighted by Gasteiger charge is 2.06. The number of hydrogen-bond acceptors (Lipinski definition) is 3. The summed E-state index contributed by atoms with van der Waals surface area (Å²) in [6.45, 7) is 7.25. The predicted molar refractivity (Wildman–Crippen MR) is 63.9 cm³/mol. The summed E-state index contributed by atoms with van der Waals surface area (Å²) >= 11 is 0. The second-order valence-electron chi connectivity index (χ2n) is 4.33. The van der Waals surface area contributed by atoms with Crippen LogP contribution >= 0.6 is 0 Å². The normalized spacial score (nSPS) is 12.8. The molecular formula is C12H19N3O. The molecule has 0 saturated heterocycles. The molecule has 0 fully saturated rings. The van der Waals surface area contributed by atoms with Gasteiger partial charge in [0.05, 0.1) is 0 Å². The van der Waals surface area contributed by atoms with E-state index >= 15 is 0 Å². The summed E-state index contributed by atoms with van der Waals surface area (Å²) in [6.07, 6.45) is 1.68. The lowest BCUT2D eigenvalue weighted by Gasteiger charge is -2.17. The quantitative estimate of drug-likeness (QED) is 0.787. The summed E-state index contributed by atoms with van der Waals surface area (Å²) < 4.78 is 0. The third kappa shape index (κ3) is 3.62. The highest BCUT2D eigenvalue weighted by molar-refractivity contribution is 5.90. The van der Waals surface area contributed by atoms with Gasteiger partial charge in [-0.1, -0.05) is 19.9 Å². The predicted octanol–water partition coefficient (Wildman–Crippen LogP) is 1.31. The zero-order valence-corrected chi connectivity index (χ0v) is 10.0. The summed E-state index contributed by atoms with van der Waals surface area (Å²) in [6, 6.07) is 3.97. The Balaban J connectivity index is 2.53. The van der Waals surface area contributed by atoms with E-state index in [-0.39, 0.29) is 0 Å². The van der Waals surface area contributed by atoms with Crippen LogP contribution in [0.3, 0.4) is 0 Å². The molecule has 16 heavy (non-hydrogen) atoms. The highest BCUT2D eigenvalue weighted by Crippen LogP contribution is 2.03. The Hall–Kier alpha value is -1.42. The number of pyridine rings is 1. The van der Waals surface area contributed by atoms with E-state index in [0.717, 1.165) is 12.1 Å². The minimum absolute atomic E-state index is 0.306. The fourth-order valence-corrected chi connectivity index (χ4v) is 1.19. The smallest absolute Gasteiger partial charge is 0.267 e. The number of carbonyl (C=O) groups is 1. The first kappa shape index (κ1) is 12.6. The van der Waals surface area contributed by atoms with Gasteiger partial charge in [-0.25, -0.2) is 0 Å². The minimum atomic E-state index is -0.491. The maximum Gasteiger partial charge on any atom is 0.267 e. The van der Waals surface area contributed by atoms with E-state index in [1.54, 1.807) is 12.3 Å². The van der Waals surface area contributed by atoms with E-state index in [0.29, 0.717) is 17.7 Å². The number of nitrogens with zero attached hydrogens (tertiary/aromatic N) is 1. The molecule has 0 aliphatic heterocycles. The Morgan fingerprint density at radius 3 is 2.56 bits per heavy atom. The van der Waals surface area contributed by atoms with Gasteiger partial charge < -0.3 is 11.1 Å². The molecule has 0 bridgehead atoms. The Labute approximate surface area is 96.3 Å². The topological polar surface area (TPSA) is 68.0 Å². The molecule has 4 heteroatoms. The van der Waals surface area contributed by atoms with Crippen LogP contribution in [0.1, 0.15) is 36.8 Å². The lowest BCUT2D eigenvalue weighted by molar-refractivity contribution is 0.0995. The van der Waals surface area contributed by atoms with Gasteiger partial charge in [0, 0.05) is 18.8 Å². The molecule has 88 valence electrons. The summed E-state index contributed by atoms with van der Waals surface area (Å²) in [5.41, 5.74) is 6.47. The van der Waals surface area contributed by atoms with Crippen molar-refractivity contribution in [2.75, 3.05) is 0 Å². The SMILES string of the molecule is CC(C)C(C)NCc1ccc(C(N)=O)nc1. The average molecular weight is 221 g/mol. The number of amides is 1. The second-order valence-corrected chi connectivity index (χ2v) is 4.33. The molecule has 1 aromatic heterocycles. The van der Waals surface area contributed by atoms with Crippen molar-refractivity contribution in [2.45, 2.75) is 33.4 Å². The van der Waals surface area contributed by atoms with Crippen LogP contribution in [0.5, 0.6) is 0 Å². The molecular weight excluding hydrogens is 202 g/mol. The third-order valence-corrected chi connectivity index (χ3v) is 2.71. The minimum Gasteiger partial charge on any atom is -0.364 e. The number of rotatable bonds is 5. The third-order valence-electron chi connectivity index (χ3n) is 2.71. The van der Waals surface area contributed by atoms with Gasteiger partial charge in [0.1, 0.15) is 5.69 Å². The second kappa shape index (κ2) is 5.61. The van der Waals surface area contributed by atoms with E-state index < -0.39 is 5.91 Å². The number of nitrogens with one attached hydrogen (secondary N) is 1. The fraction of sp³-hybridized carbons (Fsp3) is 0.500. The highest BCUT2D eigenvalue weighted by atomic mass is 16.1. The summed E-state index contributed by atoms with van der Waals surface area (Å²) in [4.78, 5) is 14.8. The van der Waals surface area contributed by atoms with Crippen LogP contribution in [0.25, 0.3) is 0 Å². The molecule has 1 aromatic rings. The summed E-state index contributed by atoms with van der Waals surface area (Å²) in [7, 11) is 0. The van der Waals surface area contributed by atoms with Crippen LogP contribution in [0.15, 0.2) is 18.3 Å².